The summed E-state index contributed by atoms with van der Waals surface area (Å²) in [4.78, 5) is 12.3. The van der Waals surface area contributed by atoms with Gasteiger partial charge in [-0.3, -0.25) is 4.79 Å². The number of rotatable bonds is 1. The lowest BCUT2D eigenvalue weighted by Crippen LogP contribution is -2.45. The number of hydrogen-bond donors (Lipinski definition) is 1. The lowest BCUT2D eigenvalue weighted by molar-refractivity contribution is -0.149. The fraction of sp³-hybridized carbons (Fsp3) is 0.562. The summed E-state index contributed by atoms with van der Waals surface area (Å²) < 4.78 is 0. The summed E-state index contributed by atoms with van der Waals surface area (Å²) in [7, 11) is 0. The molecule has 0 amide bonds. The fourth-order valence-corrected chi connectivity index (χ4v) is 3.71. The predicted octanol–water partition coefficient (Wildman–Crippen LogP) is 3.04. The largest absolute Gasteiger partial charge is 0.377 e. The Labute approximate surface area is 108 Å². The molecule has 0 radical (unpaired) electrons. The van der Waals surface area contributed by atoms with E-state index in [2.05, 4.69) is 0 Å². The fourth-order valence-electron chi connectivity index (χ4n) is 3.71. The topological polar surface area (TPSA) is 37.3 Å². The van der Waals surface area contributed by atoms with Crippen LogP contribution in [0.5, 0.6) is 0 Å². The van der Waals surface area contributed by atoms with E-state index in [1.165, 1.54) is 25.7 Å². The van der Waals surface area contributed by atoms with Crippen LogP contribution in [0.2, 0.25) is 0 Å². The van der Waals surface area contributed by atoms with Crippen molar-refractivity contribution in [3.8, 4) is 0 Å². The zero-order valence-electron chi connectivity index (χ0n) is 10.6. The van der Waals surface area contributed by atoms with Gasteiger partial charge in [-0.1, -0.05) is 49.6 Å². The van der Waals surface area contributed by atoms with E-state index in [0.717, 1.165) is 5.56 Å². The number of carbonyl (C=O) groups is 1. The van der Waals surface area contributed by atoms with Crippen molar-refractivity contribution in [1.82, 2.24) is 0 Å². The van der Waals surface area contributed by atoms with E-state index in [-0.39, 0.29) is 5.78 Å². The van der Waals surface area contributed by atoms with Crippen molar-refractivity contribution in [1.29, 1.82) is 0 Å². The third kappa shape index (κ3) is 1.89. The highest BCUT2D eigenvalue weighted by atomic mass is 16.3. The van der Waals surface area contributed by atoms with Crippen LogP contribution >= 0.6 is 0 Å². The third-order valence-electron chi connectivity index (χ3n) is 4.78. The molecule has 0 aliphatic heterocycles. The molecule has 0 unspecified atom stereocenters. The van der Waals surface area contributed by atoms with Gasteiger partial charge in [0, 0.05) is 6.42 Å². The van der Waals surface area contributed by atoms with Gasteiger partial charge in [-0.15, -0.1) is 0 Å². The van der Waals surface area contributed by atoms with Crippen LogP contribution in [0.15, 0.2) is 30.3 Å². The van der Waals surface area contributed by atoms with Crippen molar-refractivity contribution in [3.63, 3.8) is 0 Å². The van der Waals surface area contributed by atoms with E-state index >= 15 is 0 Å². The summed E-state index contributed by atoms with van der Waals surface area (Å²) in [5, 5.41) is 10.8. The van der Waals surface area contributed by atoms with Crippen molar-refractivity contribution in [2.45, 2.75) is 44.1 Å². The molecule has 0 saturated heterocycles. The maximum Gasteiger partial charge on any atom is 0.169 e. The van der Waals surface area contributed by atoms with Gasteiger partial charge in [0.05, 0.1) is 0 Å². The van der Waals surface area contributed by atoms with Gasteiger partial charge in [-0.25, -0.2) is 0 Å². The van der Waals surface area contributed by atoms with Crippen molar-refractivity contribution in [2.75, 3.05) is 0 Å². The number of ketones is 1. The first-order valence-corrected chi connectivity index (χ1v) is 7.01. The van der Waals surface area contributed by atoms with E-state index in [1.807, 2.05) is 30.3 Å². The first-order chi connectivity index (χ1) is 8.70. The molecule has 3 rings (SSSR count). The van der Waals surface area contributed by atoms with Crippen LogP contribution in [-0.2, 0) is 10.4 Å². The molecule has 3 atom stereocenters. The Morgan fingerprint density at radius 1 is 1.06 bits per heavy atom. The smallest absolute Gasteiger partial charge is 0.169 e. The van der Waals surface area contributed by atoms with Gasteiger partial charge in [-0.05, 0) is 30.2 Å². The quantitative estimate of drug-likeness (QED) is 0.824. The molecule has 2 saturated carbocycles. The standard InChI is InChI=1S/C16H20O2/c17-15-10-12-6-4-5-7-13(12)11-16(15,18)14-8-2-1-3-9-14/h1-3,8-9,12-13,18H,4-7,10-11H2/t12-,13-,16+/m1/s1. The molecule has 1 aromatic carbocycles. The minimum Gasteiger partial charge on any atom is -0.377 e. The van der Waals surface area contributed by atoms with E-state index in [1.54, 1.807) is 0 Å². The number of benzene rings is 1. The molecule has 18 heavy (non-hydrogen) atoms. The second-order valence-electron chi connectivity index (χ2n) is 5.86. The van der Waals surface area contributed by atoms with Crippen molar-refractivity contribution >= 4 is 5.78 Å². The first kappa shape index (κ1) is 11.9. The van der Waals surface area contributed by atoms with E-state index in [9.17, 15) is 9.90 Å². The molecule has 2 heteroatoms. The Kier molecular flexibility index (Phi) is 2.98. The lowest BCUT2D eigenvalue weighted by atomic mass is 9.63. The molecule has 0 spiro atoms. The highest BCUT2D eigenvalue weighted by Crippen LogP contribution is 2.46. The highest BCUT2D eigenvalue weighted by Gasteiger charge is 2.47. The number of aliphatic hydroxyl groups is 1. The van der Waals surface area contributed by atoms with E-state index in [4.69, 9.17) is 0 Å². The van der Waals surface area contributed by atoms with Crippen LogP contribution in [0.1, 0.15) is 44.1 Å². The maximum absolute atomic E-state index is 12.3. The summed E-state index contributed by atoms with van der Waals surface area (Å²) in [6, 6.07) is 9.47. The summed E-state index contributed by atoms with van der Waals surface area (Å²) in [5.41, 5.74) is -0.446. The van der Waals surface area contributed by atoms with Gasteiger partial charge in [-0.2, -0.15) is 0 Å². The first-order valence-electron chi connectivity index (χ1n) is 7.01. The normalized spacial score (nSPS) is 36.2. The van der Waals surface area contributed by atoms with Gasteiger partial charge in [0.2, 0.25) is 0 Å². The predicted molar refractivity (Wildman–Crippen MR) is 70.0 cm³/mol. The average molecular weight is 244 g/mol. The van der Waals surface area contributed by atoms with Crippen molar-refractivity contribution in [2.24, 2.45) is 11.8 Å². The Balaban J connectivity index is 1.90. The van der Waals surface area contributed by atoms with Gasteiger partial charge in [0.1, 0.15) is 5.60 Å². The zero-order chi connectivity index (χ0) is 12.6. The lowest BCUT2D eigenvalue weighted by Gasteiger charge is -2.43. The molecule has 0 bridgehead atoms. The second kappa shape index (κ2) is 4.51. The van der Waals surface area contributed by atoms with E-state index < -0.39 is 5.60 Å². The Hall–Kier alpha value is -1.15. The summed E-state index contributed by atoms with van der Waals surface area (Å²) in [6.45, 7) is 0. The van der Waals surface area contributed by atoms with Gasteiger partial charge in [0.15, 0.2) is 5.78 Å². The molecule has 1 N–H and O–H groups in total. The van der Waals surface area contributed by atoms with Crippen LogP contribution in [0.25, 0.3) is 0 Å². The van der Waals surface area contributed by atoms with E-state index in [0.29, 0.717) is 24.7 Å². The average Bonchev–Trinajstić information content (AvgIpc) is 2.41. The SMILES string of the molecule is O=C1C[C@H]2CCCC[C@@H]2C[C@]1(O)c1ccccc1. The third-order valence-corrected chi connectivity index (χ3v) is 4.78. The van der Waals surface area contributed by atoms with Crippen molar-refractivity contribution < 1.29 is 9.90 Å². The molecular formula is C16H20O2. The van der Waals surface area contributed by atoms with Crippen molar-refractivity contribution in [3.05, 3.63) is 35.9 Å². The molecule has 96 valence electrons. The summed E-state index contributed by atoms with van der Waals surface area (Å²) in [6.07, 6.45) is 6.03. The molecule has 0 aromatic heterocycles. The van der Waals surface area contributed by atoms with Crippen LogP contribution in [0.4, 0.5) is 0 Å². The summed E-state index contributed by atoms with van der Waals surface area (Å²) in [5.74, 6) is 1.08. The number of carbonyl (C=O) groups excluding carboxylic acids is 1. The molecule has 2 aliphatic carbocycles. The Bertz CT molecular complexity index is 440. The second-order valence-corrected chi connectivity index (χ2v) is 5.86. The maximum atomic E-state index is 12.3. The van der Waals surface area contributed by atoms with Crippen LogP contribution < -0.4 is 0 Å². The number of hydrogen-bond acceptors (Lipinski definition) is 2. The van der Waals surface area contributed by atoms with Crippen LogP contribution in [-0.4, -0.2) is 10.9 Å². The molecule has 2 aliphatic rings. The van der Waals surface area contributed by atoms with Crippen LogP contribution in [0.3, 0.4) is 0 Å². The molecule has 2 nitrogen and oxygen atoms in total. The Morgan fingerprint density at radius 2 is 1.72 bits per heavy atom. The number of fused-ring (bicyclic) bond motifs is 1. The Morgan fingerprint density at radius 3 is 2.44 bits per heavy atom. The van der Waals surface area contributed by atoms with Gasteiger partial charge >= 0.3 is 0 Å². The highest BCUT2D eigenvalue weighted by molar-refractivity contribution is 5.89. The summed E-state index contributed by atoms with van der Waals surface area (Å²) >= 11 is 0. The zero-order valence-corrected chi connectivity index (χ0v) is 10.6. The minimum atomic E-state index is -1.22. The van der Waals surface area contributed by atoms with Crippen LogP contribution in [0, 0.1) is 11.8 Å². The molecule has 0 heterocycles. The molecule has 2 fully saturated rings. The minimum absolute atomic E-state index is 0.0249. The molecule has 1 aromatic rings. The van der Waals surface area contributed by atoms with Gasteiger partial charge in [0.25, 0.3) is 0 Å². The number of Topliss-reactive ketones (excluding diaryl/α,β-unsaturated/α-hetero) is 1. The van der Waals surface area contributed by atoms with Gasteiger partial charge < -0.3 is 5.11 Å². The molecular weight excluding hydrogens is 224 g/mol. The monoisotopic (exact) mass is 244 g/mol.